The summed E-state index contributed by atoms with van der Waals surface area (Å²) in [5.41, 5.74) is 0.135. The minimum absolute atomic E-state index is 0.0757. The average Bonchev–Trinajstić information content (AvgIpc) is 2.45. The van der Waals surface area contributed by atoms with Crippen LogP contribution in [-0.4, -0.2) is 37.8 Å². The van der Waals surface area contributed by atoms with Gasteiger partial charge < -0.3 is 14.4 Å². The van der Waals surface area contributed by atoms with Gasteiger partial charge in [-0.1, -0.05) is 6.07 Å². The Labute approximate surface area is 129 Å². The largest absolute Gasteiger partial charge is 0.573 e. The van der Waals surface area contributed by atoms with Crippen LogP contribution in [0.2, 0.25) is 0 Å². The van der Waals surface area contributed by atoms with Gasteiger partial charge in [-0.05, 0) is 12.1 Å². The van der Waals surface area contributed by atoms with E-state index in [2.05, 4.69) is 9.47 Å². The third-order valence-corrected chi connectivity index (χ3v) is 2.77. The van der Waals surface area contributed by atoms with Crippen LogP contribution in [0.25, 0.3) is 0 Å². The van der Waals surface area contributed by atoms with Gasteiger partial charge in [-0.2, -0.15) is 0 Å². The van der Waals surface area contributed by atoms with Gasteiger partial charge in [-0.25, -0.2) is 0 Å². The quantitative estimate of drug-likeness (QED) is 0.590. The van der Waals surface area contributed by atoms with E-state index in [-0.39, 0.29) is 24.5 Å². The number of nitrogens with zero attached hydrogens (tertiary/aromatic N) is 1. The van der Waals surface area contributed by atoms with E-state index in [0.717, 1.165) is 17.0 Å². The molecule has 1 aromatic carbocycles. The fraction of sp³-hybridized carbons (Fsp3) is 0.385. The number of carbonyl (C=O) groups is 2. The second-order valence-corrected chi connectivity index (χ2v) is 4.32. The molecule has 1 amide bonds. The van der Waals surface area contributed by atoms with Crippen LogP contribution < -0.4 is 9.64 Å². The molecule has 0 radical (unpaired) electrons. The molecule has 1 aromatic rings. The van der Waals surface area contributed by atoms with Gasteiger partial charge in [-0.3, -0.25) is 9.59 Å². The van der Waals surface area contributed by atoms with Gasteiger partial charge in [0.2, 0.25) is 5.91 Å². The lowest BCUT2D eigenvalue weighted by Gasteiger charge is -2.22. The second-order valence-electron chi connectivity index (χ2n) is 4.05. The molecule has 0 unspecified atom stereocenters. The molecule has 0 aromatic heterocycles. The summed E-state index contributed by atoms with van der Waals surface area (Å²) in [7, 11) is 1.19. The molecule has 0 aliphatic rings. The van der Waals surface area contributed by atoms with E-state index in [1.807, 2.05) is 0 Å². The van der Waals surface area contributed by atoms with Crippen LogP contribution >= 0.6 is 11.6 Å². The van der Waals surface area contributed by atoms with Gasteiger partial charge in [0.15, 0.2) is 0 Å². The number of hydrogen-bond acceptors (Lipinski definition) is 4. The Morgan fingerprint density at radius 3 is 2.55 bits per heavy atom. The third-order valence-electron chi connectivity index (χ3n) is 2.55. The molecule has 0 bridgehead atoms. The van der Waals surface area contributed by atoms with Crippen molar-refractivity contribution in [3.63, 3.8) is 0 Å². The van der Waals surface area contributed by atoms with Crippen LogP contribution in [0, 0.1) is 0 Å². The minimum atomic E-state index is -4.84. The van der Waals surface area contributed by atoms with Crippen LogP contribution in [-0.2, 0) is 14.3 Å². The molecule has 0 spiro atoms. The van der Waals surface area contributed by atoms with E-state index >= 15 is 0 Å². The fourth-order valence-electron chi connectivity index (χ4n) is 1.62. The predicted molar refractivity (Wildman–Crippen MR) is 72.8 cm³/mol. The topological polar surface area (TPSA) is 55.8 Å². The zero-order chi connectivity index (χ0) is 16.8. The number of carbonyl (C=O) groups excluding carboxylic acids is 2. The Hall–Kier alpha value is -1.96. The molecule has 0 aliphatic heterocycles. The van der Waals surface area contributed by atoms with E-state index in [1.165, 1.54) is 19.2 Å². The zero-order valence-corrected chi connectivity index (χ0v) is 12.3. The number of amides is 1. The Bertz CT molecular complexity index is 536. The van der Waals surface area contributed by atoms with Crippen molar-refractivity contribution in [2.75, 3.05) is 24.4 Å². The van der Waals surface area contributed by atoms with E-state index < -0.39 is 24.0 Å². The highest BCUT2D eigenvalue weighted by molar-refractivity contribution is 6.29. The number of rotatable bonds is 6. The fourth-order valence-corrected chi connectivity index (χ4v) is 1.77. The van der Waals surface area contributed by atoms with Gasteiger partial charge >= 0.3 is 12.3 Å². The number of ether oxygens (including phenoxy) is 2. The molecule has 22 heavy (non-hydrogen) atoms. The number of hydrogen-bond donors (Lipinski definition) is 0. The van der Waals surface area contributed by atoms with Gasteiger partial charge in [0, 0.05) is 18.3 Å². The lowest BCUT2D eigenvalue weighted by atomic mass is 10.2. The third kappa shape index (κ3) is 5.80. The van der Waals surface area contributed by atoms with E-state index in [9.17, 15) is 22.8 Å². The van der Waals surface area contributed by atoms with Crippen molar-refractivity contribution in [2.45, 2.75) is 12.8 Å². The molecule has 0 N–H and O–H groups in total. The monoisotopic (exact) mass is 339 g/mol. The Morgan fingerprint density at radius 2 is 2.00 bits per heavy atom. The van der Waals surface area contributed by atoms with Crippen LogP contribution in [0.5, 0.6) is 5.75 Å². The van der Waals surface area contributed by atoms with Crippen LogP contribution in [0.3, 0.4) is 0 Å². The summed E-state index contributed by atoms with van der Waals surface area (Å²) >= 11 is 5.47. The smallest absolute Gasteiger partial charge is 0.469 e. The summed E-state index contributed by atoms with van der Waals surface area (Å²) in [4.78, 5) is 24.0. The molecular formula is C13H13ClF3NO4. The first-order valence-electron chi connectivity index (χ1n) is 6.05. The maximum absolute atomic E-state index is 12.2. The predicted octanol–water partition coefficient (Wildman–Crippen LogP) is 2.72. The number of benzene rings is 1. The molecule has 0 heterocycles. The van der Waals surface area contributed by atoms with Crippen molar-refractivity contribution in [3.05, 3.63) is 24.3 Å². The van der Waals surface area contributed by atoms with Gasteiger partial charge in [0.25, 0.3) is 0 Å². The maximum Gasteiger partial charge on any atom is 0.573 e. The number of anilines is 1. The molecule has 0 atom stereocenters. The highest BCUT2D eigenvalue weighted by atomic mass is 35.5. The van der Waals surface area contributed by atoms with E-state index in [4.69, 9.17) is 11.6 Å². The Morgan fingerprint density at radius 1 is 1.32 bits per heavy atom. The van der Waals surface area contributed by atoms with Crippen molar-refractivity contribution < 1.29 is 32.2 Å². The minimum Gasteiger partial charge on any atom is -0.469 e. The van der Waals surface area contributed by atoms with Crippen molar-refractivity contribution in [3.8, 4) is 5.75 Å². The van der Waals surface area contributed by atoms with E-state index in [0.29, 0.717) is 0 Å². The first-order valence-corrected chi connectivity index (χ1v) is 6.59. The molecule has 1 rings (SSSR count). The van der Waals surface area contributed by atoms with Gasteiger partial charge in [-0.15, -0.1) is 24.8 Å². The number of halogens is 4. The van der Waals surface area contributed by atoms with E-state index in [1.54, 1.807) is 0 Å². The number of alkyl halides is 4. The number of esters is 1. The van der Waals surface area contributed by atoms with Crippen molar-refractivity contribution >= 4 is 29.2 Å². The highest BCUT2D eigenvalue weighted by Gasteiger charge is 2.31. The standard InChI is InChI=1S/C13H13ClF3NO4/c1-21-12(20)5-6-18(11(19)8-14)9-3-2-4-10(7-9)22-13(15,16)17/h2-4,7H,5-6,8H2,1H3. The van der Waals surface area contributed by atoms with Crippen LogP contribution in [0.4, 0.5) is 18.9 Å². The summed E-state index contributed by atoms with van der Waals surface area (Å²) in [6.45, 7) is -0.0757. The first kappa shape index (κ1) is 18.1. The lowest BCUT2D eigenvalue weighted by molar-refractivity contribution is -0.274. The summed E-state index contributed by atoms with van der Waals surface area (Å²) in [6, 6.07) is 4.84. The normalized spacial score (nSPS) is 11.0. The Balaban J connectivity index is 2.96. The molecule has 122 valence electrons. The van der Waals surface area contributed by atoms with Crippen molar-refractivity contribution in [2.24, 2.45) is 0 Å². The van der Waals surface area contributed by atoms with Gasteiger partial charge in [0.1, 0.15) is 11.6 Å². The first-order chi connectivity index (χ1) is 10.3. The SMILES string of the molecule is COC(=O)CCN(C(=O)CCl)c1cccc(OC(F)(F)F)c1. The van der Waals surface area contributed by atoms with Gasteiger partial charge in [0.05, 0.1) is 13.5 Å². The molecule has 0 saturated carbocycles. The Kier molecular flexibility index (Phi) is 6.48. The molecule has 0 fully saturated rings. The zero-order valence-electron chi connectivity index (χ0n) is 11.5. The highest BCUT2D eigenvalue weighted by Crippen LogP contribution is 2.27. The summed E-state index contributed by atoms with van der Waals surface area (Å²) in [6.07, 6.45) is -4.96. The maximum atomic E-state index is 12.2. The molecule has 0 aliphatic carbocycles. The summed E-state index contributed by atoms with van der Waals surface area (Å²) in [5, 5.41) is 0. The molecular weight excluding hydrogens is 327 g/mol. The van der Waals surface area contributed by atoms with Crippen LogP contribution in [0.1, 0.15) is 6.42 Å². The average molecular weight is 340 g/mol. The molecule has 9 heteroatoms. The summed E-state index contributed by atoms with van der Waals surface area (Å²) in [5.74, 6) is -1.98. The lowest BCUT2D eigenvalue weighted by Crippen LogP contribution is -2.34. The van der Waals surface area contributed by atoms with Crippen LogP contribution in [0.15, 0.2) is 24.3 Å². The molecule has 0 saturated heterocycles. The number of methoxy groups -OCH3 is 1. The summed E-state index contributed by atoms with van der Waals surface area (Å²) < 4.78 is 44.9. The van der Waals surface area contributed by atoms with Crippen molar-refractivity contribution in [1.82, 2.24) is 0 Å². The molecule has 5 nitrogen and oxygen atoms in total. The second kappa shape index (κ2) is 7.88. The van der Waals surface area contributed by atoms with Crippen molar-refractivity contribution in [1.29, 1.82) is 0 Å².